The molecule has 0 atom stereocenters. The number of pyridine rings is 1. The Labute approximate surface area is 213 Å². The number of nitriles is 2. The lowest BCUT2D eigenvalue weighted by atomic mass is 10.0. The number of aromatic nitrogens is 4. The SMILES string of the molecule is Cc1c(Cl)ccc(Sc2cc(-c3cnn(C4CCN(C)CC4)c3C)cn3ncc(C#N)c23)c1C#N. The minimum atomic E-state index is 0.391. The van der Waals surface area contributed by atoms with Gasteiger partial charge in [-0.1, -0.05) is 23.4 Å². The van der Waals surface area contributed by atoms with E-state index in [-0.39, 0.29) is 0 Å². The zero-order chi connectivity index (χ0) is 24.7. The van der Waals surface area contributed by atoms with Crippen molar-refractivity contribution in [3.63, 3.8) is 0 Å². The molecule has 3 aromatic heterocycles. The lowest BCUT2D eigenvalue weighted by molar-refractivity contribution is 0.210. The molecule has 0 saturated carbocycles. The summed E-state index contributed by atoms with van der Waals surface area (Å²) >= 11 is 7.71. The van der Waals surface area contributed by atoms with E-state index < -0.39 is 0 Å². The van der Waals surface area contributed by atoms with E-state index in [1.807, 2.05) is 25.4 Å². The highest BCUT2D eigenvalue weighted by atomic mass is 35.5. The number of rotatable bonds is 4. The largest absolute Gasteiger partial charge is 0.306 e. The van der Waals surface area contributed by atoms with Crippen molar-refractivity contribution in [2.24, 2.45) is 0 Å². The number of hydrogen-bond acceptors (Lipinski definition) is 6. The van der Waals surface area contributed by atoms with Gasteiger partial charge in [-0.05, 0) is 70.6 Å². The topological polar surface area (TPSA) is 85.9 Å². The zero-order valence-electron chi connectivity index (χ0n) is 19.8. The van der Waals surface area contributed by atoms with Gasteiger partial charge >= 0.3 is 0 Å². The number of nitrogens with zero attached hydrogens (tertiary/aromatic N) is 7. The molecule has 7 nitrogen and oxygen atoms in total. The zero-order valence-corrected chi connectivity index (χ0v) is 21.4. The molecule has 1 aliphatic rings. The van der Waals surface area contributed by atoms with Crippen molar-refractivity contribution in [3.8, 4) is 23.3 Å². The first-order valence-corrected chi connectivity index (χ1v) is 12.6. The van der Waals surface area contributed by atoms with Crippen LogP contribution < -0.4 is 0 Å². The molecule has 0 amide bonds. The van der Waals surface area contributed by atoms with E-state index in [9.17, 15) is 10.5 Å². The molecule has 0 bridgehead atoms. The molecule has 1 aromatic carbocycles. The first-order valence-electron chi connectivity index (χ1n) is 11.4. The molecular formula is C26H24ClN7S. The smallest absolute Gasteiger partial charge is 0.103 e. The van der Waals surface area contributed by atoms with Crippen LogP contribution >= 0.6 is 23.4 Å². The summed E-state index contributed by atoms with van der Waals surface area (Å²) in [6.07, 6.45) is 7.61. The molecule has 5 rings (SSSR count). The molecule has 1 fully saturated rings. The van der Waals surface area contributed by atoms with Crippen LogP contribution in [0.1, 0.15) is 41.3 Å². The van der Waals surface area contributed by atoms with Gasteiger partial charge in [0, 0.05) is 37.8 Å². The molecular weight excluding hydrogens is 478 g/mol. The Morgan fingerprint density at radius 3 is 2.54 bits per heavy atom. The van der Waals surface area contributed by atoms with E-state index in [0.29, 0.717) is 22.2 Å². The van der Waals surface area contributed by atoms with E-state index >= 15 is 0 Å². The van der Waals surface area contributed by atoms with Crippen LogP contribution in [0.2, 0.25) is 5.02 Å². The Hall–Kier alpha value is -3.30. The number of likely N-dealkylation sites (tertiary alicyclic amines) is 1. The van der Waals surface area contributed by atoms with Crippen molar-refractivity contribution in [2.75, 3.05) is 20.1 Å². The normalized spacial score (nSPS) is 14.8. The maximum atomic E-state index is 9.78. The summed E-state index contributed by atoms with van der Waals surface area (Å²) in [6.45, 7) is 6.09. The first kappa shape index (κ1) is 23.4. The molecule has 0 aliphatic carbocycles. The average Bonchev–Trinajstić information content (AvgIpc) is 3.45. The predicted octanol–water partition coefficient (Wildman–Crippen LogP) is 5.63. The van der Waals surface area contributed by atoms with Crippen molar-refractivity contribution in [3.05, 3.63) is 64.2 Å². The minimum absolute atomic E-state index is 0.391. The molecule has 0 radical (unpaired) electrons. The Balaban J connectivity index is 1.61. The number of hydrogen-bond donors (Lipinski definition) is 0. The molecule has 1 saturated heterocycles. The van der Waals surface area contributed by atoms with Crippen molar-refractivity contribution in [1.29, 1.82) is 10.5 Å². The van der Waals surface area contributed by atoms with Gasteiger partial charge in [0.2, 0.25) is 0 Å². The average molecular weight is 502 g/mol. The molecule has 35 heavy (non-hydrogen) atoms. The lowest BCUT2D eigenvalue weighted by Gasteiger charge is -2.29. The Kier molecular flexibility index (Phi) is 6.29. The standard InChI is InChI=1S/C26H24ClN7S/c1-16-21(12-29)24(5-4-23(16)27)35-25-10-18(15-33-26(25)19(11-28)13-30-33)22-14-31-34(17(22)2)20-6-8-32(3)9-7-20/h4-5,10,13-15,20H,6-9H2,1-3H3. The second-order valence-electron chi connectivity index (χ2n) is 8.94. The van der Waals surface area contributed by atoms with Gasteiger partial charge in [-0.25, -0.2) is 4.52 Å². The van der Waals surface area contributed by atoms with Gasteiger partial charge in [0.05, 0.1) is 35.1 Å². The highest BCUT2D eigenvalue weighted by molar-refractivity contribution is 7.99. The first-order chi connectivity index (χ1) is 16.9. The van der Waals surface area contributed by atoms with Crippen LogP contribution in [0.4, 0.5) is 0 Å². The summed E-state index contributed by atoms with van der Waals surface area (Å²) in [5.41, 5.74) is 5.61. The van der Waals surface area contributed by atoms with Gasteiger partial charge in [-0.2, -0.15) is 20.7 Å². The van der Waals surface area contributed by atoms with Gasteiger partial charge in [-0.3, -0.25) is 4.68 Å². The predicted molar refractivity (Wildman–Crippen MR) is 137 cm³/mol. The van der Waals surface area contributed by atoms with E-state index in [2.05, 4.69) is 46.9 Å². The van der Waals surface area contributed by atoms with Crippen molar-refractivity contribution >= 4 is 28.9 Å². The fourth-order valence-electron chi connectivity index (χ4n) is 4.71. The van der Waals surface area contributed by atoms with Crippen molar-refractivity contribution in [1.82, 2.24) is 24.3 Å². The Morgan fingerprint density at radius 2 is 1.83 bits per heavy atom. The quantitative estimate of drug-likeness (QED) is 0.360. The van der Waals surface area contributed by atoms with Gasteiger partial charge in [0.1, 0.15) is 12.1 Å². The van der Waals surface area contributed by atoms with Crippen LogP contribution in [0.25, 0.3) is 16.6 Å². The Bertz CT molecular complexity index is 1510. The second kappa shape index (κ2) is 9.39. The number of halogens is 1. The summed E-state index contributed by atoms with van der Waals surface area (Å²) in [4.78, 5) is 3.99. The highest BCUT2D eigenvalue weighted by Crippen LogP contribution is 2.39. The Morgan fingerprint density at radius 1 is 1.06 bits per heavy atom. The molecule has 9 heteroatoms. The van der Waals surface area contributed by atoms with Gasteiger partial charge < -0.3 is 4.90 Å². The van der Waals surface area contributed by atoms with E-state index in [0.717, 1.165) is 63.6 Å². The number of fused-ring (bicyclic) bond motifs is 1. The fraction of sp³-hybridized carbons (Fsp3) is 0.308. The summed E-state index contributed by atoms with van der Waals surface area (Å²) in [5, 5.41) is 29.2. The maximum absolute atomic E-state index is 9.78. The van der Waals surface area contributed by atoms with E-state index in [1.54, 1.807) is 16.8 Å². The minimum Gasteiger partial charge on any atom is -0.306 e. The van der Waals surface area contributed by atoms with Crippen molar-refractivity contribution in [2.45, 2.75) is 42.5 Å². The second-order valence-corrected chi connectivity index (χ2v) is 10.4. The maximum Gasteiger partial charge on any atom is 0.103 e. The monoisotopic (exact) mass is 501 g/mol. The molecule has 0 N–H and O–H groups in total. The molecule has 4 aromatic rings. The lowest BCUT2D eigenvalue weighted by Crippen LogP contribution is -2.32. The number of piperidine rings is 1. The molecule has 1 aliphatic heterocycles. The van der Waals surface area contributed by atoms with Gasteiger partial charge in [0.15, 0.2) is 0 Å². The van der Waals surface area contributed by atoms with Gasteiger partial charge in [-0.15, -0.1) is 0 Å². The third-order valence-corrected chi connectivity index (χ3v) is 8.28. The summed E-state index contributed by atoms with van der Waals surface area (Å²) in [7, 11) is 2.16. The highest BCUT2D eigenvalue weighted by Gasteiger charge is 2.23. The van der Waals surface area contributed by atoms with Crippen LogP contribution in [-0.4, -0.2) is 44.4 Å². The van der Waals surface area contributed by atoms with Crippen molar-refractivity contribution < 1.29 is 0 Å². The molecule has 0 spiro atoms. The molecule has 4 heterocycles. The van der Waals surface area contributed by atoms with Crippen LogP contribution in [0.3, 0.4) is 0 Å². The van der Waals surface area contributed by atoms with E-state index in [4.69, 9.17) is 16.7 Å². The third-order valence-electron chi connectivity index (χ3n) is 6.78. The molecule has 0 unspecified atom stereocenters. The van der Waals surface area contributed by atoms with Crippen LogP contribution in [0, 0.1) is 36.5 Å². The van der Waals surface area contributed by atoms with Crippen LogP contribution in [0.15, 0.2) is 46.6 Å². The molecule has 176 valence electrons. The summed E-state index contributed by atoms with van der Waals surface area (Å²) in [6, 6.07) is 10.6. The van der Waals surface area contributed by atoms with Crippen LogP contribution in [-0.2, 0) is 0 Å². The van der Waals surface area contributed by atoms with E-state index in [1.165, 1.54) is 11.8 Å². The summed E-state index contributed by atoms with van der Waals surface area (Å²) in [5.74, 6) is 0. The fourth-order valence-corrected chi connectivity index (χ4v) is 6.03. The third kappa shape index (κ3) is 4.19. The summed E-state index contributed by atoms with van der Waals surface area (Å²) < 4.78 is 3.90. The van der Waals surface area contributed by atoms with Crippen LogP contribution in [0.5, 0.6) is 0 Å². The van der Waals surface area contributed by atoms with Gasteiger partial charge in [0.25, 0.3) is 0 Å². The number of benzene rings is 1.